The summed E-state index contributed by atoms with van der Waals surface area (Å²) in [5.41, 5.74) is 0. The van der Waals surface area contributed by atoms with E-state index in [0.717, 1.165) is 23.5 Å². The molecule has 0 aromatic heterocycles. The Bertz CT molecular complexity index is 98.5. The molecule has 0 bridgehead atoms. The second-order valence-electron chi connectivity index (χ2n) is 3.12. The summed E-state index contributed by atoms with van der Waals surface area (Å²) in [5.74, 6) is 2.43. The second kappa shape index (κ2) is 8.21. The highest BCUT2D eigenvalue weighted by molar-refractivity contribution is 7.99. The maximum absolute atomic E-state index is 5.46. The highest BCUT2D eigenvalue weighted by Crippen LogP contribution is 2.17. The fourth-order valence-corrected chi connectivity index (χ4v) is 1.72. The van der Waals surface area contributed by atoms with Crippen LogP contribution >= 0.6 is 23.4 Å². The molecule has 74 valence electrons. The Morgan fingerprint density at radius 1 is 1.25 bits per heavy atom. The first-order chi connectivity index (χ1) is 5.68. The molecule has 0 amide bonds. The molecule has 3 heteroatoms. The van der Waals surface area contributed by atoms with Gasteiger partial charge in [0.15, 0.2) is 0 Å². The first-order valence-corrected chi connectivity index (χ1v) is 6.02. The zero-order valence-electron chi connectivity index (χ0n) is 8.18. The van der Waals surface area contributed by atoms with Gasteiger partial charge < -0.3 is 4.74 Å². The lowest BCUT2D eigenvalue weighted by Crippen LogP contribution is -2.09. The van der Waals surface area contributed by atoms with Crippen LogP contribution in [0.5, 0.6) is 0 Å². The average molecular weight is 211 g/mol. The zero-order valence-corrected chi connectivity index (χ0v) is 9.75. The molecule has 0 saturated heterocycles. The largest absolute Gasteiger partial charge is 0.379 e. The van der Waals surface area contributed by atoms with Gasteiger partial charge in [0, 0.05) is 16.9 Å². The van der Waals surface area contributed by atoms with Crippen molar-refractivity contribution in [3.05, 3.63) is 0 Å². The summed E-state index contributed by atoms with van der Waals surface area (Å²) >= 11 is 7.43. The second-order valence-corrected chi connectivity index (χ2v) is 4.98. The molecule has 0 fully saturated rings. The molecule has 1 nitrogen and oxygen atoms in total. The molecule has 12 heavy (non-hydrogen) atoms. The molecule has 0 aliphatic rings. The van der Waals surface area contributed by atoms with Gasteiger partial charge in [-0.2, -0.15) is 11.8 Å². The Morgan fingerprint density at radius 2 is 1.92 bits per heavy atom. The molecule has 0 aromatic carbocycles. The monoisotopic (exact) mass is 210 g/mol. The Labute approximate surface area is 85.2 Å². The highest BCUT2D eigenvalue weighted by atomic mass is 35.5. The Hall–Kier alpha value is 0.600. The standard InChI is InChI=1S/C9H19ClOS/c1-8(2)9(3)12-7-6-11-5-4-10/h8-9H,4-7H2,1-3H3. The highest BCUT2D eigenvalue weighted by Gasteiger charge is 2.06. The average Bonchev–Trinajstić information content (AvgIpc) is 2.03. The first-order valence-electron chi connectivity index (χ1n) is 4.43. The van der Waals surface area contributed by atoms with Crippen molar-refractivity contribution >= 4 is 23.4 Å². The quantitative estimate of drug-likeness (QED) is 0.472. The van der Waals surface area contributed by atoms with E-state index in [4.69, 9.17) is 16.3 Å². The summed E-state index contributed by atoms with van der Waals surface area (Å²) in [7, 11) is 0. The van der Waals surface area contributed by atoms with Crippen molar-refractivity contribution in [2.45, 2.75) is 26.0 Å². The Kier molecular flexibility index (Phi) is 8.62. The molecule has 0 spiro atoms. The maximum atomic E-state index is 5.46. The van der Waals surface area contributed by atoms with Gasteiger partial charge in [-0.3, -0.25) is 0 Å². The maximum Gasteiger partial charge on any atom is 0.0602 e. The molecule has 1 atom stereocenters. The van der Waals surface area contributed by atoms with Crippen molar-refractivity contribution in [2.75, 3.05) is 24.8 Å². The molecule has 0 aromatic rings. The lowest BCUT2D eigenvalue weighted by atomic mass is 10.2. The molecule has 0 heterocycles. The van der Waals surface area contributed by atoms with Crippen LogP contribution in [0.1, 0.15) is 20.8 Å². The third kappa shape index (κ3) is 7.26. The van der Waals surface area contributed by atoms with Crippen LogP contribution in [0.4, 0.5) is 0 Å². The first kappa shape index (κ1) is 12.6. The summed E-state index contributed by atoms with van der Waals surface area (Å²) in [5, 5.41) is 0.726. The third-order valence-corrected chi connectivity index (χ3v) is 3.40. The number of thioether (sulfide) groups is 1. The number of alkyl halides is 1. The topological polar surface area (TPSA) is 9.23 Å². The lowest BCUT2D eigenvalue weighted by molar-refractivity contribution is 0.166. The molecule has 0 radical (unpaired) electrons. The van der Waals surface area contributed by atoms with Gasteiger partial charge >= 0.3 is 0 Å². The van der Waals surface area contributed by atoms with E-state index in [0.29, 0.717) is 12.5 Å². The van der Waals surface area contributed by atoms with E-state index < -0.39 is 0 Å². The predicted octanol–water partition coefficient (Wildman–Crippen LogP) is 3.02. The van der Waals surface area contributed by atoms with E-state index in [1.54, 1.807) is 0 Å². The molecule has 0 aliphatic heterocycles. The SMILES string of the molecule is CC(C)C(C)SCCOCCCl. The van der Waals surface area contributed by atoms with Crippen LogP contribution in [0.25, 0.3) is 0 Å². The summed E-state index contributed by atoms with van der Waals surface area (Å²) in [6.45, 7) is 8.26. The minimum atomic E-state index is 0.602. The molecule has 0 rings (SSSR count). The van der Waals surface area contributed by atoms with Gasteiger partial charge in [0.05, 0.1) is 13.2 Å². The smallest absolute Gasteiger partial charge is 0.0602 e. The van der Waals surface area contributed by atoms with Crippen LogP contribution in [0.3, 0.4) is 0 Å². The van der Waals surface area contributed by atoms with Crippen LogP contribution in [0.2, 0.25) is 0 Å². The predicted molar refractivity (Wildman–Crippen MR) is 58.3 cm³/mol. The third-order valence-electron chi connectivity index (χ3n) is 1.77. The van der Waals surface area contributed by atoms with Crippen molar-refractivity contribution in [3.63, 3.8) is 0 Å². The van der Waals surface area contributed by atoms with Crippen LogP contribution in [-0.4, -0.2) is 30.1 Å². The van der Waals surface area contributed by atoms with E-state index >= 15 is 0 Å². The normalized spacial score (nSPS) is 13.8. The fraction of sp³-hybridized carbons (Fsp3) is 1.00. The molecular weight excluding hydrogens is 192 g/mol. The van der Waals surface area contributed by atoms with Gasteiger partial charge in [-0.25, -0.2) is 0 Å². The Balaban J connectivity index is 3.08. The lowest BCUT2D eigenvalue weighted by Gasteiger charge is -2.14. The van der Waals surface area contributed by atoms with Gasteiger partial charge in [-0.15, -0.1) is 11.6 Å². The number of halogens is 1. The van der Waals surface area contributed by atoms with E-state index in [1.807, 2.05) is 11.8 Å². The van der Waals surface area contributed by atoms with Crippen LogP contribution in [-0.2, 0) is 4.74 Å². The number of rotatable bonds is 7. The zero-order chi connectivity index (χ0) is 9.40. The van der Waals surface area contributed by atoms with Gasteiger partial charge in [0.25, 0.3) is 0 Å². The molecule has 0 N–H and O–H groups in total. The minimum Gasteiger partial charge on any atom is -0.379 e. The van der Waals surface area contributed by atoms with Crippen LogP contribution in [0, 0.1) is 5.92 Å². The summed E-state index contributed by atoms with van der Waals surface area (Å²) in [4.78, 5) is 0. The number of ether oxygens (including phenoxy) is 1. The molecule has 0 aliphatic carbocycles. The molecular formula is C9H19ClOS. The summed E-state index contributed by atoms with van der Waals surface area (Å²) in [6.07, 6.45) is 0. The van der Waals surface area contributed by atoms with E-state index in [9.17, 15) is 0 Å². The van der Waals surface area contributed by atoms with Crippen LogP contribution < -0.4 is 0 Å². The van der Waals surface area contributed by atoms with Crippen molar-refractivity contribution in [3.8, 4) is 0 Å². The van der Waals surface area contributed by atoms with E-state index in [1.165, 1.54) is 0 Å². The molecule has 1 unspecified atom stereocenters. The van der Waals surface area contributed by atoms with Crippen molar-refractivity contribution < 1.29 is 4.74 Å². The Morgan fingerprint density at radius 3 is 2.42 bits per heavy atom. The number of hydrogen-bond acceptors (Lipinski definition) is 2. The van der Waals surface area contributed by atoms with Gasteiger partial charge in [-0.1, -0.05) is 20.8 Å². The summed E-state index contributed by atoms with van der Waals surface area (Å²) < 4.78 is 5.26. The van der Waals surface area contributed by atoms with Gasteiger partial charge in [0.2, 0.25) is 0 Å². The van der Waals surface area contributed by atoms with Crippen molar-refractivity contribution in [2.24, 2.45) is 5.92 Å². The fourth-order valence-electron chi connectivity index (χ4n) is 0.642. The van der Waals surface area contributed by atoms with E-state index in [-0.39, 0.29) is 0 Å². The van der Waals surface area contributed by atoms with Crippen LogP contribution in [0.15, 0.2) is 0 Å². The minimum absolute atomic E-state index is 0.602. The number of hydrogen-bond donors (Lipinski definition) is 0. The van der Waals surface area contributed by atoms with Gasteiger partial charge in [0.1, 0.15) is 0 Å². The molecule has 0 saturated carbocycles. The van der Waals surface area contributed by atoms with Gasteiger partial charge in [-0.05, 0) is 5.92 Å². The summed E-state index contributed by atoms with van der Waals surface area (Å²) in [6, 6.07) is 0. The van der Waals surface area contributed by atoms with Crippen molar-refractivity contribution in [1.82, 2.24) is 0 Å². The van der Waals surface area contributed by atoms with Crippen molar-refractivity contribution in [1.29, 1.82) is 0 Å². The van der Waals surface area contributed by atoms with E-state index in [2.05, 4.69) is 20.8 Å².